The number of fused-ring (bicyclic) bond motifs is 2. The van der Waals surface area contributed by atoms with Crippen molar-refractivity contribution in [2.75, 3.05) is 33.9 Å². The molecule has 0 bridgehead atoms. The van der Waals surface area contributed by atoms with Crippen molar-refractivity contribution >= 4 is 67.7 Å². The Balaban J connectivity index is 0.000000166. The maximum atomic E-state index is 13.3. The van der Waals surface area contributed by atoms with Crippen molar-refractivity contribution in [3.8, 4) is 0 Å². The van der Waals surface area contributed by atoms with Gasteiger partial charge in [0, 0.05) is 35.2 Å². The van der Waals surface area contributed by atoms with Gasteiger partial charge in [-0.15, -0.1) is 22.7 Å². The molecule has 8 rings (SSSR count). The van der Waals surface area contributed by atoms with Crippen LogP contribution in [0.5, 0.6) is 0 Å². The first-order valence-corrected chi connectivity index (χ1v) is 19.0. The molecular formula is C34H36F6N12O3S2. The molecule has 6 aromatic rings. The number of halogens is 6. The third-order valence-corrected chi connectivity index (χ3v) is 11.2. The normalized spacial score (nSPS) is 17.1. The quantitative estimate of drug-likeness (QED) is 0.153. The smallest absolute Gasteiger partial charge is 0.408 e. The lowest BCUT2D eigenvalue weighted by Crippen LogP contribution is -2.41. The Morgan fingerprint density at radius 2 is 1.23 bits per heavy atom. The van der Waals surface area contributed by atoms with Gasteiger partial charge in [0.15, 0.2) is 21.6 Å². The number of nitrogens with one attached hydrogen (secondary N) is 1. The molecule has 57 heavy (non-hydrogen) atoms. The van der Waals surface area contributed by atoms with E-state index in [2.05, 4.69) is 35.5 Å². The number of carboxylic acids is 1. The first kappa shape index (κ1) is 41.1. The van der Waals surface area contributed by atoms with Crippen LogP contribution in [0.2, 0.25) is 0 Å². The fourth-order valence-corrected chi connectivity index (χ4v) is 7.80. The minimum absolute atomic E-state index is 0.0153. The summed E-state index contributed by atoms with van der Waals surface area (Å²) >= 11 is 2.88. The predicted octanol–water partition coefficient (Wildman–Crippen LogP) is 6.89. The molecule has 23 heteroatoms. The van der Waals surface area contributed by atoms with Crippen LogP contribution in [0.15, 0.2) is 36.9 Å². The Labute approximate surface area is 328 Å². The van der Waals surface area contributed by atoms with Crippen LogP contribution >= 0.6 is 22.7 Å². The number of alkyl halides is 6. The first-order valence-electron chi connectivity index (χ1n) is 17.4. The van der Waals surface area contributed by atoms with E-state index in [-0.39, 0.29) is 60.0 Å². The number of aryl methyl sites for hydroxylation is 4. The second-order valence-electron chi connectivity index (χ2n) is 13.1. The molecule has 8 heterocycles. The summed E-state index contributed by atoms with van der Waals surface area (Å²) in [5, 5.41) is 20.7. The van der Waals surface area contributed by atoms with Gasteiger partial charge >= 0.3 is 18.3 Å². The molecule has 15 nitrogen and oxygen atoms in total. The van der Waals surface area contributed by atoms with Gasteiger partial charge in [0.05, 0.1) is 23.8 Å². The molecular weight excluding hydrogens is 803 g/mol. The SMILES string of the molecule is Cc1nc(N)sc1C.Cc1nc(NC(=O)c2cnn3ccc(N4CCC[C@H]4C(F)(F)F)nc23)sc1C.O=C(O)c1cnn2ccc(N3CCC[C@H]3C(F)(F)F)nc12. The number of nitrogen functional groups attached to an aromatic ring is 1. The highest BCUT2D eigenvalue weighted by Crippen LogP contribution is 2.37. The average Bonchev–Trinajstić information content (AvgIpc) is 3.99. The van der Waals surface area contributed by atoms with E-state index in [0.29, 0.717) is 23.1 Å². The highest BCUT2D eigenvalue weighted by Gasteiger charge is 2.47. The average molecular weight is 839 g/mol. The summed E-state index contributed by atoms with van der Waals surface area (Å²) in [6, 6.07) is -0.248. The molecule has 2 fully saturated rings. The number of aromatic carboxylic acids is 1. The van der Waals surface area contributed by atoms with E-state index in [4.69, 9.17) is 10.8 Å². The third kappa shape index (κ3) is 9.03. The standard InChI is InChI=1S/C17H17F3N6OS.C12H11F3N4O2.C5H8N2S/c1-9-10(2)28-16(22-9)24-15(27)11-8-21-26-7-5-13(23-14(11)26)25-6-3-4-12(25)17(18,19)20;13-12(14,15)8-2-1-4-18(8)9-3-5-19-10(17-9)7(6-16-19)11(20)21;1-3-4(2)8-5(6)7-3/h5,7-8,12H,3-4,6H2,1-2H3,(H,22,24,27);3,5-6,8H,1-2,4H2,(H,20,21);1-2H3,(H2,6,7)/t12-;8-;/m00./s1. The Kier molecular flexibility index (Phi) is 11.6. The van der Waals surface area contributed by atoms with Gasteiger partial charge < -0.3 is 20.6 Å². The minimum Gasteiger partial charge on any atom is -0.477 e. The number of carbonyl (C=O) groups excluding carboxylic acids is 1. The van der Waals surface area contributed by atoms with Crippen molar-refractivity contribution in [1.82, 2.24) is 39.2 Å². The lowest BCUT2D eigenvalue weighted by Gasteiger charge is -2.27. The summed E-state index contributed by atoms with van der Waals surface area (Å²) in [4.78, 5) is 44.9. The number of carbonyl (C=O) groups is 2. The number of aromatic nitrogens is 8. The number of carboxylic acid groups (broad SMARTS) is 1. The molecule has 0 saturated carbocycles. The summed E-state index contributed by atoms with van der Waals surface area (Å²) < 4.78 is 81.4. The van der Waals surface area contributed by atoms with Gasteiger partial charge in [-0.1, -0.05) is 0 Å². The molecule has 6 aromatic heterocycles. The number of nitrogens with two attached hydrogens (primary N) is 1. The number of amides is 1. The molecule has 0 aromatic carbocycles. The van der Waals surface area contributed by atoms with Gasteiger partial charge in [0.25, 0.3) is 5.91 Å². The molecule has 2 aliphatic heterocycles. The monoisotopic (exact) mass is 838 g/mol. The van der Waals surface area contributed by atoms with Crippen LogP contribution in [0.25, 0.3) is 11.3 Å². The topological polar surface area (TPSA) is 185 Å². The molecule has 2 saturated heterocycles. The Hall–Kier alpha value is -5.58. The minimum atomic E-state index is -4.33. The van der Waals surface area contributed by atoms with Crippen molar-refractivity contribution in [3.63, 3.8) is 0 Å². The van der Waals surface area contributed by atoms with Crippen molar-refractivity contribution in [2.24, 2.45) is 0 Å². The lowest BCUT2D eigenvalue weighted by molar-refractivity contribution is -0.146. The van der Waals surface area contributed by atoms with E-state index in [1.807, 2.05) is 27.7 Å². The molecule has 0 radical (unpaired) electrons. The van der Waals surface area contributed by atoms with Crippen molar-refractivity contribution in [1.29, 1.82) is 0 Å². The van der Waals surface area contributed by atoms with Crippen LogP contribution in [0.1, 0.15) is 67.5 Å². The van der Waals surface area contributed by atoms with Gasteiger partial charge in [-0.25, -0.2) is 33.8 Å². The van der Waals surface area contributed by atoms with Gasteiger partial charge in [-0.05, 0) is 65.5 Å². The van der Waals surface area contributed by atoms with Crippen LogP contribution in [0.4, 0.5) is 48.2 Å². The maximum Gasteiger partial charge on any atom is 0.408 e. The zero-order valence-electron chi connectivity index (χ0n) is 30.8. The number of thiazole rings is 2. The zero-order valence-corrected chi connectivity index (χ0v) is 32.4. The number of nitrogens with zero attached hydrogens (tertiary/aromatic N) is 10. The van der Waals surface area contributed by atoms with Crippen LogP contribution in [0, 0.1) is 27.7 Å². The summed E-state index contributed by atoms with van der Waals surface area (Å²) in [6.45, 7) is 8.23. The fraction of sp³-hybridized carbons (Fsp3) is 0.412. The summed E-state index contributed by atoms with van der Waals surface area (Å²) in [7, 11) is 0. The third-order valence-electron chi connectivity index (χ3n) is 9.33. The molecule has 0 aliphatic carbocycles. The predicted molar refractivity (Wildman–Crippen MR) is 201 cm³/mol. The van der Waals surface area contributed by atoms with Crippen LogP contribution in [-0.2, 0) is 0 Å². The fourth-order valence-electron chi connectivity index (χ4n) is 6.30. The second kappa shape index (κ2) is 16.1. The van der Waals surface area contributed by atoms with Gasteiger partial charge in [0.2, 0.25) is 0 Å². The Bertz CT molecular complexity index is 2370. The summed E-state index contributed by atoms with van der Waals surface area (Å²) in [5.74, 6) is -1.38. The van der Waals surface area contributed by atoms with E-state index in [0.717, 1.165) is 22.5 Å². The lowest BCUT2D eigenvalue weighted by atomic mass is 10.2. The Morgan fingerprint density at radius 3 is 1.63 bits per heavy atom. The van der Waals surface area contributed by atoms with Gasteiger partial charge in [0.1, 0.15) is 34.8 Å². The summed E-state index contributed by atoms with van der Waals surface area (Å²) in [6.07, 6.45) is -2.36. The molecule has 2 atom stereocenters. The van der Waals surface area contributed by atoms with E-state index in [1.165, 1.54) is 77.1 Å². The molecule has 2 aliphatic rings. The molecule has 1 amide bonds. The molecule has 304 valence electrons. The van der Waals surface area contributed by atoms with Crippen LogP contribution in [-0.4, -0.2) is 93.7 Å². The number of hydrogen-bond acceptors (Lipinski definition) is 13. The first-order chi connectivity index (χ1) is 26.8. The molecule has 0 unspecified atom stereocenters. The molecule has 0 spiro atoms. The van der Waals surface area contributed by atoms with Crippen molar-refractivity contribution in [2.45, 2.75) is 77.8 Å². The zero-order chi connectivity index (χ0) is 41.4. The largest absolute Gasteiger partial charge is 0.477 e. The van der Waals surface area contributed by atoms with Gasteiger partial charge in [-0.3, -0.25) is 10.1 Å². The van der Waals surface area contributed by atoms with Crippen LogP contribution in [0.3, 0.4) is 0 Å². The Morgan fingerprint density at radius 1 is 0.754 bits per heavy atom. The van der Waals surface area contributed by atoms with Crippen molar-refractivity contribution < 1.29 is 41.0 Å². The molecule has 4 N–H and O–H groups in total. The van der Waals surface area contributed by atoms with E-state index in [9.17, 15) is 35.9 Å². The summed E-state index contributed by atoms with van der Waals surface area (Å²) in [5.41, 5.74) is 7.54. The van der Waals surface area contributed by atoms with Gasteiger partial charge in [-0.2, -0.15) is 36.5 Å². The number of hydrogen-bond donors (Lipinski definition) is 3. The van der Waals surface area contributed by atoms with E-state index in [1.54, 1.807) is 0 Å². The second-order valence-corrected chi connectivity index (χ2v) is 15.6. The van der Waals surface area contributed by atoms with E-state index >= 15 is 0 Å². The van der Waals surface area contributed by atoms with E-state index < -0.39 is 36.3 Å². The number of anilines is 4. The van der Waals surface area contributed by atoms with Crippen LogP contribution < -0.4 is 20.9 Å². The highest BCUT2D eigenvalue weighted by atomic mass is 32.1. The highest BCUT2D eigenvalue weighted by molar-refractivity contribution is 7.16. The maximum absolute atomic E-state index is 13.3. The number of rotatable bonds is 5. The van der Waals surface area contributed by atoms with Crippen molar-refractivity contribution in [3.05, 3.63) is 69.2 Å².